The van der Waals surface area contributed by atoms with Crippen LogP contribution in [0.3, 0.4) is 0 Å². The maximum Gasteiger partial charge on any atom is 0.178 e. The van der Waals surface area contributed by atoms with Crippen LogP contribution in [-0.4, -0.2) is 14.2 Å². The summed E-state index contributed by atoms with van der Waals surface area (Å²) in [6, 6.07) is 7.17. The molecule has 0 aromatic heterocycles. The van der Waals surface area contributed by atoms with E-state index in [4.69, 9.17) is 0 Å². The van der Waals surface area contributed by atoms with Crippen LogP contribution in [0.1, 0.15) is 32.8 Å². The summed E-state index contributed by atoms with van der Waals surface area (Å²) in [5, 5.41) is 0. The van der Waals surface area contributed by atoms with E-state index in [1.165, 1.54) is 0 Å². The van der Waals surface area contributed by atoms with Gasteiger partial charge in [-0.2, -0.15) is 0 Å². The van der Waals surface area contributed by atoms with Crippen LogP contribution < -0.4 is 0 Å². The Morgan fingerprint density at radius 3 is 2.33 bits per heavy atom. The summed E-state index contributed by atoms with van der Waals surface area (Å²) in [5.41, 5.74) is 1.13. The second-order valence-electron chi connectivity index (χ2n) is 4.46. The lowest BCUT2D eigenvalue weighted by atomic mass is 10.0. The molecule has 0 amide bonds. The first-order valence-electron chi connectivity index (χ1n) is 6.23. The highest BCUT2D eigenvalue weighted by atomic mass is 32.2. The molecule has 3 heteroatoms. The van der Waals surface area contributed by atoms with Gasteiger partial charge in [-0.25, -0.2) is 8.42 Å². The average molecular weight is 264 g/mol. The summed E-state index contributed by atoms with van der Waals surface area (Å²) in [6.45, 7) is 5.77. The molecule has 0 saturated heterocycles. The van der Waals surface area contributed by atoms with E-state index in [0.29, 0.717) is 17.2 Å². The Morgan fingerprint density at radius 1 is 1.22 bits per heavy atom. The molecule has 0 fully saturated rings. The fourth-order valence-corrected chi connectivity index (χ4v) is 3.19. The number of hydrogen-bond acceptors (Lipinski definition) is 2. The van der Waals surface area contributed by atoms with Crippen molar-refractivity contribution in [2.75, 3.05) is 5.75 Å². The minimum Gasteiger partial charge on any atom is -0.224 e. The van der Waals surface area contributed by atoms with Gasteiger partial charge in [-0.05, 0) is 37.5 Å². The third kappa shape index (κ3) is 4.19. The van der Waals surface area contributed by atoms with Crippen LogP contribution in [0, 0.1) is 17.8 Å². The van der Waals surface area contributed by atoms with Gasteiger partial charge in [0, 0.05) is 5.92 Å². The highest BCUT2D eigenvalue weighted by molar-refractivity contribution is 7.91. The molecule has 0 spiro atoms. The Bertz CT molecular complexity index is 530. The number of rotatable bonds is 5. The van der Waals surface area contributed by atoms with Crippen molar-refractivity contribution in [2.45, 2.75) is 38.5 Å². The molecule has 1 rings (SSSR count). The summed E-state index contributed by atoms with van der Waals surface area (Å²) in [4.78, 5) is 0.419. The lowest BCUT2D eigenvalue weighted by Crippen LogP contribution is -2.06. The van der Waals surface area contributed by atoms with Crippen molar-refractivity contribution in [1.29, 1.82) is 0 Å². The van der Waals surface area contributed by atoms with Crippen molar-refractivity contribution in [3.05, 3.63) is 29.8 Å². The van der Waals surface area contributed by atoms with Gasteiger partial charge in [0.1, 0.15) is 0 Å². The Kier molecular flexibility index (Phi) is 5.43. The molecule has 0 aliphatic rings. The molecule has 1 aromatic rings. The largest absolute Gasteiger partial charge is 0.224 e. The molecule has 1 atom stereocenters. The maximum atomic E-state index is 11.8. The van der Waals surface area contributed by atoms with Crippen molar-refractivity contribution in [3.63, 3.8) is 0 Å². The normalized spacial score (nSPS) is 12.6. The van der Waals surface area contributed by atoms with E-state index >= 15 is 0 Å². The van der Waals surface area contributed by atoms with Gasteiger partial charge in [0.15, 0.2) is 9.84 Å². The molecule has 0 heterocycles. The molecular formula is C15H20O2S. The SMILES string of the molecule is CC#CC(C)Cc1ccc(S(=O)(=O)CCC)cc1. The van der Waals surface area contributed by atoms with E-state index in [9.17, 15) is 8.42 Å². The topological polar surface area (TPSA) is 34.1 Å². The van der Waals surface area contributed by atoms with E-state index < -0.39 is 9.84 Å². The molecule has 0 aliphatic carbocycles. The van der Waals surface area contributed by atoms with Crippen molar-refractivity contribution >= 4 is 9.84 Å². The number of sulfone groups is 1. The van der Waals surface area contributed by atoms with E-state index in [1.807, 2.05) is 26.0 Å². The second kappa shape index (κ2) is 6.61. The standard InChI is InChI=1S/C15H20O2S/c1-4-6-13(3)12-14-7-9-15(10-8-14)18(16,17)11-5-2/h7-10,13H,5,11-12H2,1-3H3. The summed E-state index contributed by atoms with van der Waals surface area (Å²) in [5.74, 6) is 6.50. The van der Waals surface area contributed by atoms with Crippen molar-refractivity contribution in [2.24, 2.45) is 5.92 Å². The third-order valence-electron chi connectivity index (χ3n) is 2.69. The smallest absolute Gasteiger partial charge is 0.178 e. The first kappa shape index (κ1) is 14.8. The van der Waals surface area contributed by atoms with E-state index in [2.05, 4.69) is 18.8 Å². The van der Waals surface area contributed by atoms with Gasteiger partial charge >= 0.3 is 0 Å². The van der Waals surface area contributed by atoms with Gasteiger partial charge < -0.3 is 0 Å². The molecule has 0 N–H and O–H groups in total. The van der Waals surface area contributed by atoms with Gasteiger partial charge in [0.05, 0.1) is 10.6 Å². The minimum atomic E-state index is -3.09. The average Bonchev–Trinajstić information content (AvgIpc) is 2.30. The first-order valence-corrected chi connectivity index (χ1v) is 7.88. The number of hydrogen-bond donors (Lipinski definition) is 0. The van der Waals surface area contributed by atoms with Gasteiger partial charge in [0.2, 0.25) is 0 Å². The van der Waals surface area contributed by atoms with E-state index in [1.54, 1.807) is 12.1 Å². The molecule has 0 aliphatic heterocycles. The summed E-state index contributed by atoms with van der Waals surface area (Å²) in [7, 11) is -3.09. The van der Waals surface area contributed by atoms with E-state index in [0.717, 1.165) is 12.0 Å². The van der Waals surface area contributed by atoms with Gasteiger partial charge in [-0.15, -0.1) is 11.8 Å². The van der Waals surface area contributed by atoms with Crippen LogP contribution in [-0.2, 0) is 16.3 Å². The first-order chi connectivity index (χ1) is 8.49. The van der Waals surface area contributed by atoms with Crippen LogP contribution in [0.25, 0.3) is 0 Å². The molecule has 1 aromatic carbocycles. The van der Waals surface area contributed by atoms with Crippen LogP contribution in [0.4, 0.5) is 0 Å². The Labute approximate surface area is 110 Å². The molecular weight excluding hydrogens is 244 g/mol. The molecule has 18 heavy (non-hydrogen) atoms. The Balaban J connectivity index is 2.82. The summed E-state index contributed by atoms with van der Waals surface area (Å²) < 4.78 is 23.7. The van der Waals surface area contributed by atoms with Crippen LogP contribution in [0.2, 0.25) is 0 Å². The lowest BCUT2D eigenvalue weighted by molar-refractivity contribution is 0.594. The van der Waals surface area contributed by atoms with Gasteiger partial charge in [0.25, 0.3) is 0 Å². The zero-order valence-electron chi connectivity index (χ0n) is 11.2. The maximum absolute atomic E-state index is 11.8. The number of benzene rings is 1. The summed E-state index contributed by atoms with van der Waals surface area (Å²) in [6.07, 6.45) is 1.50. The van der Waals surface area contributed by atoms with Crippen LogP contribution in [0.15, 0.2) is 29.2 Å². The van der Waals surface area contributed by atoms with Gasteiger partial charge in [-0.3, -0.25) is 0 Å². The zero-order chi connectivity index (χ0) is 13.6. The minimum absolute atomic E-state index is 0.212. The predicted molar refractivity (Wildman–Crippen MR) is 75.1 cm³/mol. The van der Waals surface area contributed by atoms with Crippen molar-refractivity contribution in [3.8, 4) is 11.8 Å². The molecule has 1 unspecified atom stereocenters. The lowest BCUT2D eigenvalue weighted by Gasteiger charge is -2.06. The zero-order valence-corrected chi connectivity index (χ0v) is 12.0. The molecule has 0 bridgehead atoms. The van der Waals surface area contributed by atoms with Crippen LogP contribution >= 0.6 is 0 Å². The fraction of sp³-hybridized carbons (Fsp3) is 0.467. The summed E-state index contributed by atoms with van der Waals surface area (Å²) >= 11 is 0. The van der Waals surface area contributed by atoms with Crippen molar-refractivity contribution < 1.29 is 8.42 Å². The highest BCUT2D eigenvalue weighted by Gasteiger charge is 2.12. The van der Waals surface area contributed by atoms with Gasteiger partial charge in [-0.1, -0.05) is 26.0 Å². The molecule has 0 radical (unpaired) electrons. The van der Waals surface area contributed by atoms with Crippen LogP contribution in [0.5, 0.6) is 0 Å². The molecule has 0 saturated carbocycles. The Morgan fingerprint density at radius 2 is 1.83 bits per heavy atom. The monoisotopic (exact) mass is 264 g/mol. The Hall–Kier alpha value is -1.27. The van der Waals surface area contributed by atoms with Crippen molar-refractivity contribution in [1.82, 2.24) is 0 Å². The highest BCUT2D eigenvalue weighted by Crippen LogP contribution is 2.15. The second-order valence-corrected chi connectivity index (χ2v) is 6.57. The predicted octanol–water partition coefficient (Wildman–Crippen LogP) is 3.07. The third-order valence-corrected chi connectivity index (χ3v) is 4.62. The molecule has 2 nitrogen and oxygen atoms in total. The quantitative estimate of drug-likeness (QED) is 0.766. The fourth-order valence-electron chi connectivity index (χ4n) is 1.87. The molecule has 98 valence electrons. The van der Waals surface area contributed by atoms with E-state index in [-0.39, 0.29) is 5.75 Å².